The van der Waals surface area contributed by atoms with Gasteiger partial charge in [-0.3, -0.25) is 4.79 Å². The molecule has 0 spiro atoms. The van der Waals surface area contributed by atoms with Crippen LogP contribution >= 0.6 is 0 Å². The molecule has 16 heavy (non-hydrogen) atoms. The highest BCUT2D eigenvalue weighted by Gasteiger charge is 2.36. The molecule has 1 aliphatic heterocycles. The van der Waals surface area contributed by atoms with Crippen LogP contribution in [-0.2, 0) is 19.0 Å². The molecule has 0 unspecified atom stereocenters. The van der Waals surface area contributed by atoms with Crippen molar-refractivity contribution in [3.8, 4) is 0 Å². The molecule has 0 amide bonds. The number of hydrogen-bond acceptors (Lipinski definition) is 4. The van der Waals surface area contributed by atoms with Crippen LogP contribution in [0, 0.1) is 0 Å². The largest absolute Gasteiger partial charge is 0.324 e. The molecule has 0 aromatic heterocycles. The fraction of sp³-hybridized carbons (Fsp3) is 0.750. The van der Waals surface area contributed by atoms with Crippen molar-refractivity contribution in [3.05, 3.63) is 11.6 Å². The Labute approximate surface area is 95.6 Å². The van der Waals surface area contributed by atoms with E-state index < -0.39 is 5.97 Å². The van der Waals surface area contributed by atoms with E-state index in [0.29, 0.717) is 38.4 Å². The summed E-state index contributed by atoms with van der Waals surface area (Å²) < 4.78 is 16.5. The van der Waals surface area contributed by atoms with Gasteiger partial charge in [0.05, 0.1) is 13.2 Å². The van der Waals surface area contributed by atoms with Gasteiger partial charge in [0.2, 0.25) is 0 Å². The monoisotopic (exact) mass is 226 g/mol. The van der Waals surface area contributed by atoms with Crippen molar-refractivity contribution >= 4 is 5.78 Å². The lowest BCUT2D eigenvalue weighted by atomic mass is 9.93. The van der Waals surface area contributed by atoms with E-state index in [9.17, 15) is 4.79 Å². The maximum Gasteiger partial charge on any atom is 0.305 e. The fourth-order valence-electron chi connectivity index (χ4n) is 2.06. The van der Waals surface area contributed by atoms with Crippen LogP contribution in [0.25, 0.3) is 0 Å². The van der Waals surface area contributed by atoms with E-state index in [1.165, 1.54) is 5.57 Å². The van der Waals surface area contributed by atoms with Gasteiger partial charge in [0, 0.05) is 25.5 Å². The van der Waals surface area contributed by atoms with E-state index in [2.05, 4.69) is 0 Å². The summed E-state index contributed by atoms with van der Waals surface area (Å²) in [5.41, 5.74) is 1.20. The smallest absolute Gasteiger partial charge is 0.305 e. The zero-order valence-electron chi connectivity index (χ0n) is 9.66. The maximum absolute atomic E-state index is 11.1. The van der Waals surface area contributed by atoms with Gasteiger partial charge in [-0.25, -0.2) is 0 Å². The Morgan fingerprint density at radius 3 is 2.44 bits per heavy atom. The Bertz CT molecular complexity index is 277. The van der Waals surface area contributed by atoms with Crippen LogP contribution < -0.4 is 0 Å². The predicted octanol–water partition coefficient (Wildman–Crippen LogP) is 1.79. The number of allylic oxidation sites excluding steroid dienone is 1. The highest BCUT2D eigenvalue weighted by molar-refractivity contribution is 5.80. The zero-order valence-corrected chi connectivity index (χ0v) is 9.66. The molecule has 0 radical (unpaired) electrons. The lowest BCUT2D eigenvalue weighted by Crippen LogP contribution is -2.32. The maximum atomic E-state index is 11.1. The van der Waals surface area contributed by atoms with E-state index in [1.54, 1.807) is 0 Å². The van der Waals surface area contributed by atoms with E-state index in [-0.39, 0.29) is 0 Å². The summed E-state index contributed by atoms with van der Waals surface area (Å²) in [5, 5.41) is 0. The summed E-state index contributed by atoms with van der Waals surface area (Å²) >= 11 is 0. The number of ether oxygens (including phenoxy) is 3. The standard InChI is InChI=1S/C12H18O4/c1-2-14-12(15-7-8-16-12)9-10-3-5-11(13)6-4-10/h9H,2-8H2,1H3. The van der Waals surface area contributed by atoms with Crippen molar-refractivity contribution in [2.45, 2.75) is 38.6 Å². The molecule has 4 heteroatoms. The van der Waals surface area contributed by atoms with Crippen LogP contribution in [0.5, 0.6) is 0 Å². The molecule has 0 aromatic rings. The van der Waals surface area contributed by atoms with Crippen molar-refractivity contribution in [1.82, 2.24) is 0 Å². The number of Topliss-reactive ketones (excluding diaryl/α,β-unsaturated/α-hetero) is 1. The minimum absolute atomic E-state index is 0.343. The highest BCUT2D eigenvalue weighted by atomic mass is 16.9. The first-order valence-corrected chi connectivity index (χ1v) is 5.88. The van der Waals surface area contributed by atoms with Gasteiger partial charge in [-0.15, -0.1) is 0 Å². The molecular weight excluding hydrogens is 208 g/mol. The first kappa shape index (κ1) is 11.8. The van der Waals surface area contributed by atoms with Crippen LogP contribution in [0.1, 0.15) is 32.6 Å². The van der Waals surface area contributed by atoms with Gasteiger partial charge in [0.1, 0.15) is 5.78 Å². The second-order valence-electron chi connectivity index (χ2n) is 4.07. The normalized spacial score (nSPS) is 24.8. The van der Waals surface area contributed by atoms with Crippen LogP contribution in [0.2, 0.25) is 0 Å². The molecule has 0 bridgehead atoms. The van der Waals surface area contributed by atoms with Gasteiger partial charge >= 0.3 is 5.97 Å². The first-order chi connectivity index (χ1) is 7.74. The summed E-state index contributed by atoms with van der Waals surface area (Å²) in [6.07, 6.45) is 4.79. The summed E-state index contributed by atoms with van der Waals surface area (Å²) in [7, 11) is 0. The van der Waals surface area contributed by atoms with Crippen LogP contribution in [0.3, 0.4) is 0 Å². The van der Waals surface area contributed by atoms with Crippen LogP contribution in [-0.4, -0.2) is 31.6 Å². The molecule has 90 valence electrons. The minimum atomic E-state index is -0.982. The molecule has 0 atom stereocenters. The van der Waals surface area contributed by atoms with Gasteiger partial charge in [0.15, 0.2) is 0 Å². The quantitative estimate of drug-likeness (QED) is 0.688. The molecule has 4 nitrogen and oxygen atoms in total. The Kier molecular flexibility index (Phi) is 3.74. The Morgan fingerprint density at radius 1 is 1.25 bits per heavy atom. The summed E-state index contributed by atoms with van der Waals surface area (Å²) in [4.78, 5) is 11.1. The topological polar surface area (TPSA) is 44.8 Å². The zero-order chi connectivity index (χ0) is 11.4. The van der Waals surface area contributed by atoms with Crippen molar-refractivity contribution in [3.63, 3.8) is 0 Å². The minimum Gasteiger partial charge on any atom is -0.324 e. The molecule has 0 aromatic carbocycles. The third-order valence-electron chi connectivity index (χ3n) is 2.87. The Morgan fingerprint density at radius 2 is 1.88 bits per heavy atom. The van der Waals surface area contributed by atoms with Gasteiger partial charge < -0.3 is 14.2 Å². The first-order valence-electron chi connectivity index (χ1n) is 5.88. The van der Waals surface area contributed by atoms with Gasteiger partial charge in [-0.1, -0.05) is 5.57 Å². The average Bonchev–Trinajstić information content (AvgIpc) is 2.71. The molecule has 2 fully saturated rings. The van der Waals surface area contributed by atoms with E-state index in [0.717, 1.165) is 12.8 Å². The van der Waals surface area contributed by atoms with E-state index >= 15 is 0 Å². The lowest BCUT2D eigenvalue weighted by Gasteiger charge is -2.25. The Balaban J connectivity index is 2.04. The summed E-state index contributed by atoms with van der Waals surface area (Å²) in [5.74, 6) is -0.638. The summed E-state index contributed by atoms with van der Waals surface area (Å²) in [6.45, 7) is 3.57. The molecule has 2 aliphatic rings. The van der Waals surface area contributed by atoms with Gasteiger partial charge in [-0.2, -0.15) is 0 Å². The van der Waals surface area contributed by atoms with Crippen molar-refractivity contribution in [2.75, 3.05) is 19.8 Å². The van der Waals surface area contributed by atoms with Crippen LogP contribution in [0.4, 0.5) is 0 Å². The molecule has 2 rings (SSSR count). The van der Waals surface area contributed by atoms with Crippen molar-refractivity contribution in [2.24, 2.45) is 0 Å². The molecule has 1 saturated carbocycles. The van der Waals surface area contributed by atoms with Gasteiger partial charge in [0.25, 0.3) is 0 Å². The molecular formula is C12H18O4. The number of carbonyl (C=O) groups is 1. The predicted molar refractivity (Wildman–Crippen MR) is 57.8 cm³/mol. The van der Waals surface area contributed by atoms with Crippen molar-refractivity contribution in [1.29, 1.82) is 0 Å². The number of rotatable bonds is 3. The third kappa shape index (κ3) is 2.70. The number of hydrogen-bond donors (Lipinski definition) is 0. The van der Waals surface area contributed by atoms with Crippen molar-refractivity contribution < 1.29 is 19.0 Å². The number of ketones is 1. The highest BCUT2D eigenvalue weighted by Crippen LogP contribution is 2.29. The second-order valence-corrected chi connectivity index (χ2v) is 4.07. The fourth-order valence-corrected chi connectivity index (χ4v) is 2.06. The summed E-state index contributed by atoms with van der Waals surface area (Å²) in [6, 6.07) is 0. The molecule has 1 aliphatic carbocycles. The van der Waals surface area contributed by atoms with Crippen LogP contribution in [0.15, 0.2) is 11.6 Å². The molecule has 0 N–H and O–H groups in total. The number of carbonyl (C=O) groups excluding carboxylic acids is 1. The van der Waals surface area contributed by atoms with E-state index in [4.69, 9.17) is 14.2 Å². The Hall–Kier alpha value is -0.710. The lowest BCUT2D eigenvalue weighted by molar-refractivity contribution is -0.295. The SMILES string of the molecule is CCOC1(C=C2CCC(=O)CC2)OCCO1. The molecule has 1 saturated heterocycles. The van der Waals surface area contributed by atoms with E-state index in [1.807, 2.05) is 13.0 Å². The molecule has 1 heterocycles. The second kappa shape index (κ2) is 5.08. The van der Waals surface area contributed by atoms with Gasteiger partial charge in [-0.05, 0) is 19.8 Å². The third-order valence-corrected chi connectivity index (χ3v) is 2.87. The average molecular weight is 226 g/mol.